The molecule has 0 radical (unpaired) electrons. The number of hydrogen-bond acceptors (Lipinski definition) is 4. The summed E-state index contributed by atoms with van der Waals surface area (Å²) in [4.78, 5) is 24.6. The average molecular weight is 282 g/mol. The molecular weight excluding hydrogens is 268 g/mol. The smallest absolute Gasteiger partial charge is 0.181 e. The molecule has 0 aromatic heterocycles. The number of aliphatic hydroxyl groups excluding tert-OH is 1. The molecule has 0 saturated heterocycles. The lowest BCUT2D eigenvalue weighted by Gasteiger charge is -2.31. The molecule has 4 heteroatoms. The van der Waals surface area contributed by atoms with Crippen molar-refractivity contribution in [3.8, 4) is 5.75 Å². The van der Waals surface area contributed by atoms with Crippen LogP contribution in [0.15, 0.2) is 54.6 Å². The van der Waals surface area contributed by atoms with Crippen LogP contribution >= 0.6 is 0 Å². The SMILES string of the molecule is O=C(CO)C1C(=O)c2ccccc2OC1c1ccccc1. The topological polar surface area (TPSA) is 63.6 Å². The predicted octanol–water partition coefficient (Wildman–Crippen LogP) is 2.18. The van der Waals surface area contributed by atoms with E-state index in [0.717, 1.165) is 5.56 Å². The van der Waals surface area contributed by atoms with Gasteiger partial charge in [-0.1, -0.05) is 42.5 Å². The van der Waals surface area contributed by atoms with Gasteiger partial charge in [0.15, 0.2) is 11.6 Å². The van der Waals surface area contributed by atoms with Crippen LogP contribution in [-0.4, -0.2) is 23.3 Å². The number of benzene rings is 2. The first kappa shape index (κ1) is 13.5. The molecule has 4 nitrogen and oxygen atoms in total. The maximum absolute atomic E-state index is 12.6. The first-order chi connectivity index (χ1) is 10.2. The van der Waals surface area contributed by atoms with E-state index in [0.29, 0.717) is 11.3 Å². The number of ketones is 2. The van der Waals surface area contributed by atoms with Crippen molar-refractivity contribution >= 4 is 11.6 Å². The first-order valence-electron chi connectivity index (χ1n) is 6.71. The van der Waals surface area contributed by atoms with Crippen molar-refractivity contribution in [1.82, 2.24) is 0 Å². The highest BCUT2D eigenvalue weighted by molar-refractivity contribution is 6.13. The summed E-state index contributed by atoms with van der Waals surface area (Å²) in [6.07, 6.45) is -0.701. The summed E-state index contributed by atoms with van der Waals surface area (Å²) in [6.45, 7) is -0.675. The molecule has 1 aliphatic rings. The van der Waals surface area contributed by atoms with Crippen LogP contribution in [0, 0.1) is 5.92 Å². The lowest BCUT2D eigenvalue weighted by atomic mass is 9.83. The second-order valence-corrected chi connectivity index (χ2v) is 4.91. The third kappa shape index (κ3) is 2.34. The van der Waals surface area contributed by atoms with Gasteiger partial charge in [0.05, 0.1) is 5.56 Å². The highest BCUT2D eigenvalue weighted by Gasteiger charge is 2.42. The van der Waals surface area contributed by atoms with Crippen LogP contribution in [0.2, 0.25) is 0 Å². The molecule has 2 unspecified atom stereocenters. The summed E-state index contributed by atoms with van der Waals surface area (Å²) in [5, 5.41) is 9.16. The molecule has 2 aromatic carbocycles. The predicted molar refractivity (Wildman–Crippen MR) is 76.2 cm³/mol. The van der Waals surface area contributed by atoms with E-state index in [-0.39, 0.29) is 5.78 Å². The van der Waals surface area contributed by atoms with Crippen molar-refractivity contribution in [3.63, 3.8) is 0 Å². The van der Waals surface area contributed by atoms with Crippen molar-refractivity contribution < 1.29 is 19.4 Å². The number of aliphatic hydroxyl groups is 1. The number of rotatable bonds is 3. The molecule has 0 saturated carbocycles. The van der Waals surface area contributed by atoms with Gasteiger partial charge in [0.1, 0.15) is 24.4 Å². The fourth-order valence-corrected chi connectivity index (χ4v) is 2.60. The summed E-state index contributed by atoms with van der Waals surface area (Å²) in [7, 11) is 0. The minimum Gasteiger partial charge on any atom is -0.484 e. The van der Waals surface area contributed by atoms with Crippen LogP contribution in [-0.2, 0) is 4.79 Å². The molecule has 0 amide bonds. The van der Waals surface area contributed by atoms with Crippen LogP contribution in [0.1, 0.15) is 22.0 Å². The van der Waals surface area contributed by atoms with Gasteiger partial charge in [-0.25, -0.2) is 0 Å². The molecule has 21 heavy (non-hydrogen) atoms. The maximum atomic E-state index is 12.6. The van der Waals surface area contributed by atoms with Crippen molar-refractivity contribution in [2.24, 2.45) is 5.92 Å². The normalized spacial score (nSPS) is 20.5. The Balaban J connectivity index is 2.10. The lowest BCUT2D eigenvalue weighted by Crippen LogP contribution is -2.38. The molecule has 106 valence electrons. The van der Waals surface area contributed by atoms with Crippen LogP contribution in [0.4, 0.5) is 0 Å². The zero-order chi connectivity index (χ0) is 14.8. The first-order valence-corrected chi connectivity index (χ1v) is 6.71. The Bertz CT molecular complexity index is 678. The van der Waals surface area contributed by atoms with E-state index < -0.39 is 24.4 Å². The number of carbonyl (C=O) groups is 2. The number of Topliss-reactive ketones (excluding diaryl/α,β-unsaturated/α-hetero) is 2. The quantitative estimate of drug-likeness (QED) is 0.876. The number of ether oxygens (including phenoxy) is 1. The minimum absolute atomic E-state index is 0.301. The Kier molecular flexibility index (Phi) is 3.54. The molecule has 0 bridgehead atoms. The average Bonchev–Trinajstić information content (AvgIpc) is 2.55. The third-order valence-corrected chi connectivity index (χ3v) is 3.62. The number of para-hydroxylation sites is 1. The van der Waals surface area contributed by atoms with Crippen LogP contribution < -0.4 is 4.74 Å². The van der Waals surface area contributed by atoms with Crippen LogP contribution in [0.25, 0.3) is 0 Å². The Morgan fingerprint density at radius 2 is 1.71 bits per heavy atom. The standard InChI is InChI=1S/C17H14O4/c18-10-13(19)15-16(20)12-8-4-5-9-14(12)21-17(15)11-6-2-1-3-7-11/h1-9,15,17-18H,10H2. The van der Waals surface area contributed by atoms with Gasteiger partial charge in [-0.15, -0.1) is 0 Å². The van der Waals surface area contributed by atoms with Crippen molar-refractivity contribution in [3.05, 3.63) is 65.7 Å². The molecule has 1 N–H and O–H groups in total. The second-order valence-electron chi connectivity index (χ2n) is 4.91. The number of hydrogen-bond donors (Lipinski definition) is 1. The van der Waals surface area contributed by atoms with Crippen LogP contribution in [0.3, 0.4) is 0 Å². The fraction of sp³-hybridized carbons (Fsp3) is 0.176. The van der Waals surface area contributed by atoms with Crippen molar-refractivity contribution in [2.75, 3.05) is 6.61 Å². The Morgan fingerprint density at radius 1 is 1.05 bits per heavy atom. The maximum Gasteiger partial charge on any atom is 0.181 e. The Morgan fingerprint density at radius 3 is 2.43 bits per heavy atom. The molecular formula is C17H14O4. The minimum atomic E-state index is -1.01. The molecule has 0 spiro atoms. The van der Waals surface area contributed by atoms with Gasteiger partial charge in [0.2, 0.25) is 0 Å². The van der Waals surface area contributed by atoms with Gasteiger partial charge in [-0.05, 0) is 17.7 Å². The van der Waals surface area contributed by atoms with E-state index >= 15 is 0 Å². The van der Waals surface area contributed by atoms with Gasteiger partial charge in [-0.3, -0.25) is 9.59 Å². The molecule has 1 aliphatic heterocycles. The van der Waals surface area contributed by atoms with E-state index in [1.165, 1.54) is 0 Å². The number of fused-ring (bicyclic) bond motifs is 1. The third-order valence-electron chi connectivity index (χ3n) is 3.62. The van der Waals surface area contributed by atoms with Gasteiger partial charge in [0.25, 0.3) is 0 Å². The lowest BCUT2D eigenvalue weighted by molar-refractivity contribution is -0.127. The summed E-state index contributed by atoms with van der Waals surface area (Å²) >= 11 is 0. The molecule has 0 fully saturated rings. The Labute approximate surface area is 122 Å². The number of carbonyl (C=O) groups excluding carboxylic acids is 2. The van der Waals surface area contributed by atoms with E-state index in [9.17, 15) is 9.59 Å². The van der Waals surface area contributed by atoms with E-state index in [1.54, 1.807) is 24.3 Å². The second kappa shape index (κ2) is 5.50. The Hall–Kier alpha value is -2.46. The van der Waals surface area contributed by atoms with E-state index in [4.69, 9.17) is 9.84 Å². The van der Waals surface area contributed by atoms with Crippen molar-refractivity contribution in [1.29, 1.82) is 0 Å². The zero-order valence-electron chi connectivity index (χ0n) is 11.2. The van der Waals surface area contributed by atoms with Crippen molar-refractivity contribution in [2.45, 2.75) is 6.10 Å². The zero-order valence-corrected chi connectivity index (χ0v) is 11.2. The van der Waals surface area contributed by atoms with Gasteiger partial charge in [-0.2, -0.15) is 0 Å². The van der Waals surface area contributed by atoms with Crippen LogP contribution in [0.5, 0.6) is 5.75 Å². The molecule has 0 aliphatic carbocycles. The summed E-state index contributed by atoms with van der Waals surface area (Å²) < 4.78 is 5.87. The highest BCUT2D eigenvalue weighted by Crippen LogP contribution is 2.38. The fourth-order valence-electron chi connectivity index (χ4n) is 2.60. The van der Waals surface area contributed by atoms with Gasteiger partial charge >= 0.3 is 0 Å². The van der Waals surface area contributed by atoms with E-state index in [2.05, 4.69) is 0 Å². The molecule has 2 aromatic rings. The summed E-state index contributed by atoms with van der Waals surface area (Å²) in [5.41, 5.74) is 1.13. The highest BCUT2D eigenvalue weighted by atomic mass is 16.5. The monoisotopic (exact) mass is 282 g/mol. The summed E-state index contributed by atoms with van der Waals surface area (Å²) in [6, 6.07) is 16.0. The van der Waals surface area contributed by atoms with E-state index in [1.807, 2.05) is 30.3 Å². The molecule has 2 atom stereocenters. The van der Waals surface area contributed by atoms with Gasteiger partial charge < -0.3 is 9.84 Å². The summed E-state index contributed by atoms with van der Waals surface area (Å²) in [5.74, 6) is -1.36. The molecule has 3 rings (SSSR count). The van der Waals surface area contributed by atoms with Gasteiger partial charge in [0, 0.05) is 0 Å². The largest absolute Gasteiger partial charge is 0.484 e. The molecule has 1 heterocycles.